The SMILES string of the molecule is CCOC(=O)[C@H](CC)n1cc(Br)cn1. The van der Waals surface area contributed by atoms with E-state index >= 15 is 0 Å². The highest BCUT2D eigenvalue weighted by molar-refractivity contribution is 9.10. The number of nitrogens with zero attached hydrogens (tertiary/aromatic N) is 2. The second kappa shape index (κ2) is 5.14. The number of hydrogen-bond acceptors (Lipinski definition) is 3. The maximum atomic E-state index is 11.5. The van der Waals surface area contributed by atoms with E-state index in [-0.39, 0.29) is 12.0 Å². The molecule has 0 spiro atoms. The minimum absolute atomic E-state index is 0.231. The summed E-state index contributed by atoms with van der Waals surface area (Å²) >= 11 is 3.28. The highest BCUT2D eigenvalue weighted by atomic mass is 79.9. The summed E-state index contributed by atoms with van der Waals surface area (Å²) in [5.74, 6) is -0.231. The third kappa shape index (κ3) is 2.57. The van der Waals surface area contributed by atoms with E-state index in [4.69, 9.17) is 4.74 Å². The number of hydrogen-bond donors (Lipinski definition) is 0. The van der Waals surface area contributed by atoms with Gasteiger partial charge in [-0.3, -0.25) is 4.68 Å². The van der Waals surface area contributed by atoms with Crippen LogP contribution in [-0.2, 0) is 9.53 Å². The summed E-state index contributed by atoms with van der Waals surface area (Å²) in [6.07, 6.45) is 4.10. The number of halogens is 1. The van der Waals surface area contributed by atoms with E-state index < -0.39 is 0 Å². The van der Waals surface area contributed by atoms with Gasteiger partial charge in [-0.15, -0.1) is 0 Å². The maximum absolute atomic E-state index is 11.5. The van der Waals surface area contributed by atoms with E-state index in [9.17, 15) is 4.79 Å². The predicted molar refractivity (Wildman–Crippen MR) is 55.9 cm³/mol. The molecule has 0 N–H and O–H groups in total. The number of carbonyl (C=O) groups excluding carboxylic acids is 1. The Hall–Kier alpha value is -0.840. The summed E-state index contributed by atoms with van der Waals surface area (Å²) < 4.78 is 7.42. The molecule has 0 radical (unpaired) electrons. The molecule has 0 unspecified atom stereocenters. The molecule has 14 heavy (non-hydrogen) atoms. The van der Waals surface area contributed by atoms with E-state index in [1.807, 2.05) is 6.92 Å². The van der Waals surface area contributed by atoms with Crippen LogP contribution in [0.5, 0.6) is 0 Å². The average Bonchev–Trinajstić information content (AvgIpc) is 2.54. The van der Waals surface area contributed by atoms with Gasteiger partial charge in [0.2, 0.25) is 0 Å². The second-order valence-corrected chi connectivity index (χ2v) is 3.73. The fourth-order valence-electron chi connectivity index (χ4n) is 1.19. The van der Waals surface area contributed by atoms with Gasteiger partial charge in [-0.1, -0.05) is 6.92 Å². The number of esters is 1. The van der Waals surface area contributed by atoms with Crippen LogP contribution in [0.15, 0.2) is 16.9 Å². The normalized spacial score (nSPS) is 12.5. The van der Waals surface area contributed by atoms with Gasteiger partial charge in [0.05, 0.1) is 17.3 Å². The first-order valence-corrected chi connectivity index (χ1v) is 5.34. The average molecular weight is 261 g/mol. The molecule has 0 bridgehead atoms. The number of carbonyl (C=O) groups is 1. The Morgan fingerprint density at radius 1 is 1.71 bits per heavy atom. The van der Waals surface area contributed by atoms with Gasteiger partial charge < -0.3 is 4.74 Å². The Balaban J connectivity index is 2.76. The largest absolute Gasteiger partial charge is 0.464 e. The van der Waals surface area contributed by atoms with Gasteiger partial charge in [0.15, 0.2) is 0 Å². The molecule has 0 saturated carbocycles. The summed E-state index contributed by atoms with van der Waals surface area (Å²) in [5.41, 5.74) is 0. The molecule has 1 aromatic heterocycles. The van der Waals surface area contributed by atoms with Crippen molar-refractivity contribution in [1.82, 2.24) is 9.78 Å². The molecule has 4 nitrogen and oxygen atoms in total. The van der Waals surface area contributed by atoms with Gasteiger partial charge >= 0.3 is 5.97 Å². The standard InChI is InChI=1S/C9H13BrN2O2/c1-3-8(9(13)14-4-2)12-6-7(10)5-11-12/h5-6,8H,3-4H2,1-2H3/t8-/m0/s1. The van der Waals surface area contributed by atoms with Crippen LogP contribution < -0.4 is 0 Å². The van der Waals surface area contributed by atoms with Gasteiger partial charge in [0, 0.05) is 6.20 Å². The molecule has 0 aliphatic heterocycles. The third-order valence-electron chi connectivity index (χ3n) is 1.83. The Morgan fingerprint density at radius 2 is 2.43 bits per heavy atom. The minimum atomic E-state index is -0.318. The van der Waals surface area contributed by atoms with Gasteiger partial charge in [-0.25, -0.2) is 4.79 Å². The van der Waals surface area contributed by atoms with Crippen molar-refractivity contribution in [1.29, 1.82) is 0 Å². The van der Waals surface area contributed by atoms with Crippen molar-refractivity contribution in [3.8, 4) is 0 Å². The summed E-state index contributed by atoms with van der Waals surface area (Å²) in [4.78, 5) is 11.5. The Morgan fingerprint density at radius 3 is 2.86 bits per heavy atom. The minimum Gasteiger partial charge on any atom is -0.464 e. The van der Waals surface area contributed by atoms with Crippen LogP contribution in [0.25, 0.3) is 0 Å². The maximum Gasteiger partial charge on any atom is 0.330 e. The lowest BCUT2D eigenvalue weighted by Gasteiger charge is -2.13. The number of aromatic nitrogens is 2. The van der Waals surface area contributed by atoms with E-state index in [1.165, 1.54) is 0 Å². The lowest BCUT2D eigenvalue weighted by atomic mass is 10.2. The lowest BCUT2D eigenvalue weighted by Crippen LogP contribution is -2.21. The molecule has 0 aliphatic rings. The molecule has 0 fully saturated rings. The van der Waals surface area contributed by atoms with Crippen molar-refractivity contribution in [3.05, 3.63) is 16.9 Å². The molecule has 5 heteroatoms. The van der Waals surface area contributed by atoms with Crippen LogP contribution in [0.4, 0.5) is 0 Å². The molecule has 1 aromatic rings. The molecular formula is C9H13BrN2O2. The van der Waals surface area contributed by atoms with Crippen LogP contribution in [0, 0.1) is 0 Å². The molecule has 0 amide bonds. The molecule has 0 aromatic carbocycles. The Bertz CT molecular complexity index is 312. The van der Waals surface area contributed by atoms with Gasteiger partial charge in [-0.2, -0.15) is 5.10 Å². The van der Waals surface area contributed by atoms with Crippen molar-refractivity contribution in [2.45, 2.75) is 26.3 Å². The van der Waals surface area contributed by atoms with E-state index in [0.717, 1.165) is 4.47 Å². The first kappa shape index (κ1) is 11.2. The molecule has 1 heterocycles. The second-order valence-electron chi connectivity index (χ2n) is 2.81. The van der Waals surface area contributed by atoms with E-state index in [2.05, 4.69) is 21.0 Å². The van der Waals surface area contributed by atoms with E-state index in [0.29, 0.717) is 13.0 Å². The third-order valence-corrected chi connectivity index (χ3v) is 2.24. The predicted octanol–water partition coefficient (Wildman–Crippen LogP) is 2.16. The highest BCUT2D eigenvalue weighted by Gasteiger charge is 2.20. The van der Waals surface area contributed by atoms with Gasteiger partial charge in [0.1, 0.15) is 6.04 Å². The van der Waals surface area contributed by atoms with Crippen LogP contribution in [0.3, 0.4) is 0 Å². The van der Waals surface area contributed by atoms with E-state index in [1.54, 1.807) is 24.0 Å². The molecule has 1 atom stereocenters. The Kier molecular flexibility index (Phi) is 4.13. The first-order valence-electron chi connectivity index (χ1n) is 4.55. The number of ether oxygens (including phenoxy) is 1. The van der Waals surface area contributed by atoms with Crippen LogP contribution in [-0.4, -0.2) is 22.4 Å². The van der Waals surface area contributed by atoms with Crippen LogP contribution in [0.1, 0.15) is 26.3 Å². The van der Waals surface area contributed by atoms with Crippen molar-refractivity contribution in [2.24, 2.45) is 0 Å². The van der Waals surface area contributed by atoms with Crippen LogP contribution >= 0.6 is 15.9 Å². The van der Waals surface area contributed by atoms with Crippen molar-refractivity contribution >= 4 is 21.9 Å². The van der Waals surface area contributed by atoms with Crippen molar-refractivity contribution in [2.75, 3.05) is 6.61 Å². The molecule has 0 saturated heterocycles. The summed E-state index contributed by atoms with van der Waals surface area (Å²) in [5, 5.41) is 4.06. The fourth-order valence-corrected chi connectivity index (χ4v) is 1.49. The quantitative estimate of drug-likeness (QED) is 0.780. The summed E-state index contributed by atoms with van der Waals surface area (Å²) in [6.45, 7) is 4.12. The Labute approximate surface area is 91.4 Å². The summed E-state index contributed by atoms with van der Waals surface area (Å²) in [7, 11) is 0. The summed E-state index contributed by atoms with van der Waals surface area (Å²) in [6, 6.07) is -0.318. The highest BCUT2D eigenvalue weighted by Crippen LogP contribution is 2.15. The van der Waals surface area contributed by atoms with Crippen LogP contribution in [0.2, 0.25) is 0 Å². The van der Waals surface area contributed by atoms with Crippen molar-refractivity contribution in [3.63, 3.8) is 0 Å². The molecule has 78 valence electrons. The topological polar surface area (TPSA) is 44.1 Å². The fraction of sp³-hybridized carbons (Fsp3) is 0.556. The monoisotopic (exact) mass is 260 g/mol. The molecule has 1 rings (SSSR count). The zero-order chi connectivity index (χ0) is 10.6. The van der Waals surface area contributed by atoms with Crippen molar-refractivity contribution < 1.29 is 9.53 Å². The number of rotatable bonds is 4. The lowest BCUT2D eigenvalue weighted by molar-refractivity contribution is -0.147. The zero-order valence-electron chi connectivity index (χ0n) is 8.24. The smallest absolute Gasteiger partial charge is 0.330 e. The zero-order valence-corrected chi connectivity index (χ0v) is 9.82. The molecule has 0 aliphatic carbocycles. The van der Waals surface area contributed by atoms with Gasteiger partial charge in [0.25, 0.3) is 0 Å². The first-order chi connectivity index (χ1) is 6.69. The molecular weight excluding hydrogens is 248 g/mol. The van der Waals surface area contributed by atoms with Gasteiger partial charge in [-0.05, 0) is 29.3 Å².